The van der Waals surface area contributed by atoms with Crippen molar-refractivity contribution >= 4 is 40.6 Å². The van der Waals surface area contributed by atoms with E-state index in [1.165, 1.54) is 0 Å². The lowest BCUT2D eigenvalue weighted by Crippen LogP contribution is -2.19. The number of halogens is 2. The maximum absolute atomic E-state index is 10.8. The molecule has 2 rings (SSSR count). The van der Waals surface area contributed by atoms with E-state index in [4.69, 9.17) is 28.9 Å². The molecule has 0 aromatic heterocycles. The number of primary amides is 1. The maximum Gasteiger partial charge on any atom is 0.316 e. The second-order valence-corrected chi connectivity index (χ2v) is 4.94. The van der Waals surface area contributed by atoms with Gasteiger partial charge in [0.1, 0.15) is 0 Å². The van der Waals surface area contributed by atoms with Crippen molar-refractivity contribution in [3.8, 4) is 0 Å². The molecule has 0 radical (unpaired) electrons. The summed E-state index contributed by atoms with van der Waals surface area (Å²) in [5, 5.41) is 6.92. The predicted octanol–water partition coefficient (Wildman–Crippen LogP) is 4.10. The summed E-state index contributed by atoms with van der Waals surface area (Å²) < 4.78 is 0. The Balaban J connectivity index is 2.09. The van der Waals surface area contributed by atoms with Crippen LogP contribution in [0.15, 0.2) is 42.5 Å². The summed E-state index contributed by atoms with van der Waals surface area (Å²) in [6, 6.07) is 12.0. The first-order valence-corrected chi connectivity index (χ1v) is 6.65. The Morgan fingerprint density at radius 1 is 1.05 bits per heavy atom. The van der Waals surface area contributed by atoms with Crippen LogP contribution in [0.2, 0.25) is 10.0 Å². The monoisotopic (exact) mass is 309 g/mol. The maximum atomic E-state index is 10.8. The molecule has 0 unspecified atom stereocenters. The van der Waals surface area contributed by atoms with Gasteiger partial charge in [-0.15, -0.1) is 0 Å². The molecule has 2 amide bonds. The molecule has 0 fully saturated rings. The second kappa shape index (κ2) is 6.50. The van der Waals surface area contributed by atoms with Crippen LogP contribution in [0.25, 0.3) is 0 Å². The number of urea groups is 1. The fraction of sp³-hybridized carbons (Fsp3) is 0.0714. The van der Waals surface area contributed by atoms with Gasteiger partial charge in [-0.3, -0.25) is 0 Å². The van der Waals surface area contributed by atoms with Gasteiger partial charge in [0.25, 0.3) is 0 Å². The van der Waals surface area contributed by atoms with E-state index in [-0.39, 0.29) is 0 Å². The van der Waals surface area contributed by atoms with Crippen molar-refractivity contribution in [1.29, 1.82) is 0 Å². The molecule has 0 saturated carbocycles. The number of nitrogens with two attached hydrogens (primary N) is 1. The Kier molecular flexibility index (Phi) is 4.71. The zero-order valence-corrected chi connectivity index (χ0v) is 12.0. The number of nitrogens with one attached hydrogen (secondary N) is 2. The number of benzene rings is 2. The molecular formula is C14H13Cl2N3O. The summed E-state index contributed by atoms with van der Waals surface area (Å²) in [6.07, 6.45) is 0. The van der Waals surface area contributed by atoms with Gasteiger partial charge in [-0.05, 0) is 30.3 Å². The molecule has 104 valence electrons. The highest BCUT2D eigenvalue weighted by Crippen LogP contribution is 2.25. The van der Waals surface area contributed by atoms with Gasteiger partial charge >= 0.3 is 6.03 Å². The lowest BCUT2D eigenvalue weighted by atomic mass is 10.2. The molecule has 2 aromatic carbocycles. The summed E-state index contributed by atoms with van der Waals surface area (Å²) >= 11 is 12.2. The molecule has 6 heteroatoms. The molecule has 4 N–H and O–H groups in total. The first kappa shape index (κ1) is 14.5. The number of carbonyl (C=O) groups excluding carboxylic acids is 1. The highest BCUT2D eigenvalue weighted by atomic mass is 35.5. The Bertz CT molecular complexity index is 611. The molecule has 0 aliphatic carbocycles. The molecule has 4 nitrogen and oxygen atoms in total. The van der Waals surface area contributed by atoms with Crippen LogP contribution in [0.5, 0.6) is 0 Å². The van der Waals surface area contributed by atoms with Crippen molar-refractivity contribution in [1.82, 2.24) is 0 Å². The van der Waals surface area contributed by atoms with Crippen molar-refractivity contribution in [2.24, 2.45) is 5.73 Å². The number of hydrogen-bond acceptors (Lipinski definition) is 2. The van der Waals surface area contributed by atoms with Crippen LogP contribution in [0, 0.1) is 0 Å². The van der Waals surface area contributed by atoms with Gasteiger partial charge in [0.15, 0.2) is 0 Å². The summed E-state index contributed by atoms with van der Waals surface area (Å²) in [5.41, 5.74) is 7.34. The van der Waals surface area contributed by atoms with E-state index < -0.39 is 6.03 Å². The molecular weight excluding hydrogens is 297 g/mol. The molecule has 0 heterocycles. The van der Waals surface area contributed by atoms with E-state index >= 15 is 0 Å². The Hall–Kier alpha value is -1.91. The van der Waals surface area contributed by atoms with Gasteiger partial charge in [-0.25, -0.2) is 4.79 Å². The highest BCUT2D eigenvalue weighted by molar-refractivity contribution is 6.36. The normalized spacial score (nSPS) is 10.1. The summed E-state index contributed by atoms with van der Waals surface area (Å²) in [6.45, 7) is 0.485. The second-order valence-electron chi connectivity index (χ2n) is 4.12. The van der Waals surface area contributed by atoms with Crippen LogP contribution < -0.4 is 16.4 Å². The number of amides is 2. The molecule has 0 aliphatic heterocycles. The summed E-state index contributed by atoms with van der Waals surface area (Å²) in [7, 11) is 0. The van der Waals surface area contributed by atoms with Crippen molar-refractivity contribution < 1.29 is 4.79 Å². The van der Waals surface area contributed by atoms with Gasteiger partial charge in [0.2, 0.25) is 0 Å². The highest BCUT2D eigenvalue weighted by Gasteiger charge is 2.05. The first-order chi connectivity index (χ1) is 9.56. The van der Waals surface area contributed by atoms with E-state index in [0.29, 0.717) is 22.3 Å². The van der Waals surface area contributed by atoms with E-state index in [0.717, 1.165) is 11.3 Å². The minimum absolute atomic E-state index is 0.485. The van der Waals surface area contributed by atoms with Crippen LogP contribution >= 0.6 is 23.2 Å². The van der Waals surface area contributed by atoms with Gasteiger partial charge in [0.05, 0.1) is 0 Å². The number of anilines is 2. The van der Waals surface area contributed by atoms with Crippen LogP contribution in [-0.4, -0.2) is 6.03 Å². The van der Waals surface area contributed by atoms with Crippen LogP contribution in [0.1, 0.15) is 5.56 Å². The van der Waals surface area contributed by atoms with E-state index in [1.54, 1.807) is 30.3 Å². The van der Waals surface area contributed by atoms with Crippen LogP contribution in [0.3, 0.4) is 0 Å². The summed E-state index contributed by atoms with van der Waals surface area (Å²) in [5.74, 6) is 0. The standard InChI is InChI=1S/C14H13Cl2N3O/c15-12-5-2-6-13(16)11(12)8-18-9-3-1-4-10(7-9)19-14(17)20/h1-7,18H,8H2,(H3,17,19,20). The third-order valence-electron chi connectivity index (χ3n) is 2.66. The zero-order chi connectivity index (χ0) is 14.5. The van der Waals surface area contributed by atoms with Gasteiger partial charge in [-0.1, -0.05) is 35.3 Å². The van der Waals surface area contributed by atoms with E-state index in [2.05, 4.69) is 10.6 Å². The zero-order valence-electron chi connectivity index (χ0n) is 10.5. The first-order valence-electron chi connectivity index (χ1n) is 5.89. The van der Waals surface area contributed by atoms with Crippen molar-refractivity contribution in [3.63, 3.8) is 0 Å². The molecule has 0 atom stereocenters. The average molecular weight is 310 g/mol. The Labute approximate surface area is 126 Å². The van der Waals surface area contributed by atoms with Crippen molar-refractivity contribution in [3.05, 3.63) is 58.1 Å². The largest absolute Gasteiger partial charge is 0.381 e. The van der Waals surface area contributed by atoms with Gasteiger partial charge in [0, 0.05) is 33.5 Å². The number of carbonyl (C=O) groups is 1. The minimum atomic E-state index is -0.601. The minimum Gasteiger partial charge on any atom is -0.381 e. The average Bonchev–Trinajstić information content (AvgIpc) is 2.38. The topological polar surface area (TPSA) is 67.2 Å². The fourth-order valence-electron chi connectivity index (χ4n) is 1.74. The van der Waals surface area contributed by atoms with Crippen molar-refractivity contribution in [2.75, 3.05) is 10.6 Å². The Morgan fingerprint density at radius 3 is 2.30 bits per heavy atom. The Morgan fingerprint density at radius 2 is 1.65 bits per heavy atom. The SMILES string of the molecule is NC(=O)Nc1cccc(NCc2c(Cl)cccc2Cl)c1. The third-order valence-corrected chi connectivity index (χ3v) is 3.37. The van der Waals surface area contributed by atoms with Gasteiger partial charge < -0.3 is 16.4 Å². The fourth-order valence-corrected chi connectivity index (χ4v) is 2.27. The molecule has 0 spiro atoms. The molecule has 20 heavy (non-hydrogen) atoms. The van der Waals surface area contributed by atoms with Crippen LogP contribution in [-0.2, 0) is 6.54 Å². The van der Waals surface area contributed by atoms with E-state index in [9.17, 15) is 4.79 Å². The smallest absolute Gasteiger partial charge is 0.316 e. The number of hydrogen-bond donors (Lipinski definition) is 3. The predicted molar refractivity (Wildman–Crippen MR) is 83.4 cm³/mol. The van der Waals surface area contributed by atoms with Crippen LogP contribution in [0.4, 0.5) is 16.2 Å². The van der Waals surface area contributed by atoms with Gasteiger partial charge in [-0.2, -0.15) is 0 Å². The van der Waals surface area contributed by atoms with E-state index in [1.807, 2.05) is 12.1 Å². The molecule has 0 aliphatic rings. The summed E-state index contributed by atoms with van der Waals surface area (Å²) in [4.78, 5) is 10.8. The molecule has 0 bridgehead atoms. The third kappa shape index (κ3) is 3.79. The molecule has 2 aromatic rings. The lowest BCUT2D eigenvalue weighted by molar-refractivity contribution is 0.259. The molecule has 0 saturated heterocycles. The number of rotatable bonds is 4. The van der Waals surface area contributed by atoms with Crippen molar-refractivity contribution in [2.45, 2.75) is 6.54 Å². The quantitative estimate of drug-likeness (QED) is 0.796. The lowest BCUT2D eigenvalue weighted by Gasteiger charge is -2.11.